The Balaban J connectivity index is 2.43. The van der Waals surface area contributed by atoms with E-state index >= 15 is 0 Å². The first kappa shape index (κ1) is 13.6. The first-order valence-electron chi connectivity index (χ1n) is 5.94. The van der Waals surface area contributed by atoms with Crippen molar-refractivity contribution in [3.05, 3.63) is 48.1 Å². The summed E-state index contributed by atoms with van der Waals surface area (Å²) in [7, 11) is 0. The lowest BCUT2D eigenvalue weighted by Crippen LogP contribution is -2.38. The fraction of sp³-hybridized carbons (Fsp3) is 0.385. The molecule has 1 aromatic heterocycles. The maximum Gasteiger partial charge on any atom is 0.137 e. The van der Waals surface area contributed by atoms with Crippen molar-refractivity contribution in [1.82, 2.24) is 14.8 Å². The molecule has 0 aliphatic rings. The van der Waals surface area contributed by atoms with Crippen LogP contribution in [0, 0.1) is 17.6 Å². The Hall–Kier alpha value is -1.82. The second-order valence-corrected chi connectivity index (χ2v) is 4.80. The van der Waals surface area contributed by atoms with Crippen LogP contribution in [0.3, 0.4) is 0 Å². The summed E-state index contributed by atoms with van der Waals surface area (Å²) in [5.41, 5.74) is -1.43. The third-order valence-electron chi connectivity index (χ3n) is 3.22. The normalized spacial score (nSPS) is 14.6. The van der Waals surface area contributed by atoms with Gasteiger partial charge in [-0.15, -0.1) is 0 Å². The van der Waals surface area contributed by atoms with Crippen molar-refractivity contribution in [1.29, 1.82) is 0 Å². The van der Waals surface area contributed by atoms with E-state index in [4.69, 9.17) is 0 Å². The van der Waals surface area contributed by atoms with E-state index in [-0.39, 0.29) is 18.0 Å². The molecule has 102 valence electrons. The molecule has 1 N–H and O–H groups in total. The number of hydrogen-bond acceptors (Lipinski definition) is 3. The quantitative estimate of drug-likeness (QED) is 0.923. The summed E-state index contributed by atoms with van der Waals surface area (Å²) in [6, 6.07) is 3.17. The van der Waals surface area contributed by atoms with Gasteiger partial charge < -0.3 is 5.11 Å². The highest BCUT2D eigenvalue weighted by atomic mass is 19.1. The zero-order valence-electron chi connectivity index (χ0n) is 10.7. The third-order valence-corrected chi connectivity index (χ3v) is 3.22. The molecule has 0 radical (unpaired) electrons. The molecule has 0 aliphatic carbocycles. The van der Waals surface area contributed by atoms with Gasteiger partial charge in [-0.3, -0.25) is 0 Å². The lowest BCUT2D eigenvalue weighted by atomic mass is 9.83. The molecule has 0 amide bonds. The summed E-state index contributed by atoms with van der Waals surface area (Å²) < 4.78 is 28.3. The molecule has 0 aliphatic heterocycles. The van der Waals surface area contributed by atoms with Crippen LogP contribution >= 0.6 is 0 Å². The van der Waals surface area contributed by atoms with E-state index in [1.165, 1.54) is 23.4 Å². The molecule has 0 bridgehead atoms. The minimum atomic E-state index is -1.48. The van der Waals surface area contributed by atoms with Crippen molar-refractivity contribution in [2.24, 2.45) is 5.92 Å². The van der Waals surface area contributed by atoms with Gasteiger partial charge in [0.1, 0.15) is 29.9 Å². The Labute approximate surface area is 109 Å². The molecule has 0 spiro atoms. The Morgan fingerprint density at radius 2 is 2.11 bits per heavy atom. The number of rotatable bonds is 4. The number of hydrogen-bond donors (Lipinski definition) is 1. The van der Waals surface area contributed by atoms with Crippen LogP contribution in [0.25, 0.3) is 0 Å². The number of nitrogens with zero attached hydrogens (tertiary/aromatic N) is 3. The van der Waals surface area contributed by atoms with Crippen LogP contribution in [0.4, 0.5) is 8.78 Å². The molecule has 0 unspecified atom stereocenters. The van der Waals surface area contributed by atoms with Gasteiger partial charge in [-0.25, -0.2) is 18.4 Å². The molecule has 0 fully saturated rings. The van der Waals surface area contributed by atoms with E-state index in [0.717, 1.165) is 12.1 Å². The van der Waals surface area contributed by atoms with Crippen molar-refractivity contribution >= 4 is 0 Å². The largest absolute Gasteiger partial charge is 0.383 e. The highest BCUT2D eigenvalue weighted by Gasteiger charge is 2.36. The zero-order valence-corrected chi connectivity index (χ0v) is 10.7. The Bertz CT molecular complexity index is 557. The summed E-state index contributed by atoms with van der Waals surface area (Å²) in [5, 5.41) is 14.7. The Morgan fingerprint density at radius 1 is 1.37 bits per heavy atom. The van der Waals surface area contributed by atoms with Crippen LogP contribution < -0.4 is 0 Å². The molecule has 19 heavy (non-hydrogen) atoms. The van der Waals surface area contributed by atoms with E-state index < -0.39 is 17.2 Å². The second-order valence-electron chi connectivity index (χ2n) is 4.80. The van der Waals surface area contributed by atoms with Gasteiger partial charge in [0.25, 0.3) is 0 Å². The molecule has 2 aromatic rings. The molecule has 4 nitrogen and oxygen atoms in total. The minimum absolute atomic E-state index is 0.0488. The van der Waals surface area contributed by atoms with Gasteiger partial charge in [-0.05, 0) is 12.0 Å². The number of halogens is 2. The highest BCUT2D eigenvalue weighted by Crippen LogP contribution is 2.33. The lowest BCUT2D eigenvalue weighted by Gasteiger charge is -2.32. The first-order chi connectivity index (χ1) is 8.93. The fourth-order valence-corrected chi connectivity index (χ4v) is 1.98. The van der Waals surface area contributed by atoms with Crippen molar-refractivity contribution in [2.75, 3.05) is 0 Å². The van der Waals surface area contributed by atoms with E-state index in [1.54, 1.807) is 13.8 Å². The summed E-state index contributed by atoms with van der Waals surface area (Å²) in [6.07, 6.45) is 2.77. The number of aliphatic hydroxyl groups is 1. The summed E-state index contributed by atoms with van der Waals surface area (Å²) in [5.74, 6) is -1.72. The molecule has 1 heterocycles. The van der Waals surface area contributed by atoms with Gasteiger partial charge in [0.15, 0.2) is 0 Å². The third kappa shape index (κ3) is 2.63. The van der Waals surface area contributed by atoms with Gasteiger partial charge in [0, 0.05) is 11.6 Å². The van der Waals surface area contributed by atoms with Crippen LogP contribution in [0.1, 0.15) is 19.4 Å². The van der Waals surface area contributed by atoms with Gasteiger partial charge in [0.05, 0.1) is 6.54 Å². The predicted octanol–water partition coefficient (Wildman–Crippen LogP) is 2.10. The fourth-order valence-electron chi connectivity index (χ4n) is 1.98. The average Bonchev–Trinajstić information content (AvgIpc) is 2.81. The van der Waals surface area contributed by atoms with Crippen LogP contribution in [0.5, 0.6) is 0 Å². The molecular formula is C13H15F2N3O. The SMILES string of the molecule is CC(C)[C@@](O)(Cn1cncn1)c1ccc(F)cc1F. The standard InChI is InChI=1S/C13H15F2N3O/c1-9(2)13(19,6-18-8-16-7-17-18)11-4-3-10(14)5-12(11)15/h3-5,7-9,19H,6H2,1-2H3/t13-/m0/s1. The maximum absolute atomic E-state index is 13.9. The minimum Gasteiger partial charge on any atom is -0.383 e. The van der Waals surface area contributed by atoms with Crippen molar-refractivity contribution in [2.45, 2.75) is 26.0 Å². The van der Waals surface area contributed by atoms with Gasteiger partial charge in [-0.2, -0.15) is 5.10 Å². The van der Waals surface area contributed by atoms with Crippen LogP contribution in [0.15, 0.2) is 30.9 Å². The smallest absolute Gasteiger partial charge is 0.137 e. The molecule has 1 aromatic carbocycles. The monoisotopic (exact) mass is 267 g/mol. The van der Waals surface area contributed by atoms with Gasteiger partial charge in [0.2, 0.25) is 0 Å². The topological polar surface area (TPSA) is 50.9 Å². The molecule has 0 saturated heterocycles. The summed E-state index contributed by atoms with van der Waals surface area (Å²) in [6.45, 7) is 3.58. The summed E-state index contributed by atoms with van der Waals surface area (Å²) in [4.78, 5) is 3.78. The van der Waals surface area contributed by atoms with Gasteiger partial charge >= 0.3 is 0 Å². The highest BCUT2D eigenvalue weighted by molar-refractivity contribution is 5.25. The maximum atomic E-state index is 13.9. The molecule has 2 rings (SSSR count). The van der Waals surface area contributed by atoms with Crippen molar-refractivity contribution in [3.8, 4) is 0 Å². The molecule has 1 atom stereocenters. The average molecular weight is 267 g/mol. The second kappa shape index (κ2) is 5.05. The Kier molecular flexibility index (Phi) is 3.61. The zero-order chi connectivity index (χ0) is 14.0. The van der Waals surface area contributed by atoms with Gasteiger partial charge in [-0.1, -0.05) is 19.9 Å². The summed E-state index contributed by atoms with van der Waals surface area (Å²) >= 11 is 0. The van der Waals surface area contributed by atoms with Crippen molar-refractivity contribution < 1.29 is 13.9 Å². The van der Waals surface area contributed by atoms with E-state index in [9.17, 15) is 13.9 Å². The number of aromatic nitrogens is 3. The van der Waals surface area contributed by atoms with E-state index in [2.05, 4.69) is 10.1 Å². The van der Waals surface area contributed by atoms with E-state index in [0.29, 0.717) is 0 Å². The van der Waals surface area contributed by atoms with Crippen molar-refractivity contribution in [3.63, 3.8) is 0 Å². The molecule has 0 saturated carbocycles. The van der Waals surface area contributed by atoms with Crippen LogP contribution in [-0.4, -0.2) is 19.9 Å². The number of benzene rings is 1. The van der Waals surface area contributed by atoms with E-state index in [1.807, 2.05) is 0 Å². The lowest BCUT2D eigenvalue weighted by molar-refractivity contribution is -0.0324. The molecule has 6 heteroatoms. The first-order valence-corrected chi connectivity index (χ1v) is 5.94. The Morgan fingerprint density at radius 3 is 2.63 bits per heavy atom. The van der Waals surface area contributed by atoms with Crippen LogP contribution in [0.2, 0.25) is 0 Å². The predicted molar refractivity (Wildman–Crippen MR) is 65.1 cm³/mol. The molecular weight excluding hydrogens is 252 g/mol. The van der Waals surface area contributed by atoms with Crippen LogP contribution in [-0.2, 0) is 12.1 Å².